The lowest BCUT2D eigenvalue weighted by atomic mass is 10.3. The highest BCUT2D eigenvalue weighted by molar-refractivity contribution is 5.95. The Morgan fingerprint density at radius 1 is 1.63 bits per heavy atom. The molecule has 2 N–H and O–H groups in total. The van der Waals surface area contributed by atoms with Gasteiger partial charge in [-0.1, -0.05) is 0 Å². The molecule has 0 radical (unpaired) electrons. The van der Waals surface area contributed by atoms with Gasteiger partial charge in [-0.05, 0) is 13.0 Å². The van der Waals surface area contributed by atoms with Gasteiger partial charge >= 0.3 is 5.69 Å². The van der Waals surface area contributed by atoms with E-state index in [1.165, 1.54) is 0 Å². The SMILES string of the molecule is Cc1cc(CNC(=O)c2[nH]ncc2[N+](=O)[O-])n(C)n1. The maximum absolute atomic E-state index is 11.8. The number of carbonyl (C=O) groups is 1. The Morgan fingerprint density at radius 3 is 2.95 bits per heavy atom. The van der Waals surface area contributed by atoms with Gasteiger partial charge in [0.15, 0.2) is 0 Å². The van der Waals surface area contributed by atoms with Crippen LogP contribution in [-0.4, -0.2) is 30.8 Å². The van der Waals surface area contributed by atoms with Crippen LogP contribution in [0.1, 0.15) is 21.9 Å². The standard InChI is InChI=1S/C10H12N6O3/c1-6-3-7(15(2)14-6)4-11-10(17)9-8(16(18)19)5-12-13-9/h3,5H,4H2,1-2H3,(H,11,17)(H,12,13). The summed E-state index contributed by atoms with van der Waals surface area (Å²) in [5, 5.41) is 23.2. The van der Waals surface area contributed by atoms with Crippen molar-refractivity contribution in [2.75, 3.05) is 0 Å². The highest BCUT2D eigenvalue weighted by atomic mass is 16.6. The van der Waals surface area contributed by atoms with Gasteiger partial charge in [-0.2, -0.15) is 10.2 Å². The normalized spacial score (nSPS) is 10.4. The van der Waals surface area contributed by atoms with E-state index in [1.54, 1.807) is 11.7 Å². The van der Waals surface area contributed by atoms with Crippen LogP contribution in [0.4, 0.5) is 5.69 Å². The molecule has 100 valence electrons. The summed E-state index contributed by atoms with van der Waals surface area (Å²) in [4.78, 5) is 21.8. The molecular weight excluding hydrogens is 252 g/mol. The topological polar surface area (TPSA) is 119 Å². The van der Waals surface area contributed by atoms with Crippen LogP contribution in [0.15, 0.2) is 12.3 Å². The van der Waals surface area contributed by atoms with Crippen molar-refractivity contribution in [3.8, 4) is 0 Å². The van der Waals surface area contributed by atoms with Gasteiger partial charge in [0, 0.05) is 7.05 Å². The number of hydrogen-bond acceptors (Lipinski definition) is 5. The number of hydrogen-bond donors (Lipinski definition) is 2. The van der Waals surface area contributed by atoms with Crippen molar-refractivity contribution in [2.24, 2.45) is 7.05 Å². The number of nitrogens with one attached hydrogen (secondary N) is 2. The third-order valence-electron chi connectivity index (χ3n) is 2.57. The van der Waals surface area contributed by atoms with Crippen LogP contribution in [0.25, 0.3) is 0 Å². The molecule has 0 aromatic carbocycles. The van der Waals surface area contributed by atoms with Crippen LogP contribution in [0.2, 0.25) is 0 Å². The summed E-state index contributed by atoms with van der Waals surface area (Å²) in [5.74, 6) is -0.581. The van der Waals surface area contributed by atoms with Crippen LogP contribution >= 0.6 is 0 Å². The first-order chi connectivity index (χ1) is 8.99. The number of amides is 1. The maximum atomic E-state index is 11.8. The van der Waals surface area contributed by atoms with E-state index in [-0.39, 0.29) is 17.9 Å². The van der Waals surface area contributed by atoms with Crippen molar-refractivity contribution >= 4 is 11.6 Å². The van der Waals surface area contributed by atoms with Crippen molar-refractivity contribution in [3.05, 3.63) is 39.5 Å². The van der Waals surface area contributed by atoms with Gasteiger partial charge in [0.2, 0.25) is 5.69 Å². The van der Waals surface area contributed by atoms with Gasteiger partial charge < -0.3 is 5.32 Å². The fourth-order valence-corrected chi connectivity index (χ4v) is 1.67. The molecule has 0 bridgehead atoms. The van der Waals surface area contributed by atoms with E-state index in [9.17, 15) is 14.9 Å². The van der Waals surface area contributed by atoms with E-state index in [4.69, 9.17) is 0 Å². The Labute approximate surface area is 107 Å². The zero-order valence-corrected chi connectivity index (χ0v) is 10.4. The number of aromatic amines is 1. The maximum Gasteiger partial charge on any atom is 0.319 e. The second-order valence-corrected chi connectivity index (χ2v) is 3.97. The fourth-order valence-electron chi connectivity index (χ4n) is 1.67. The Hall–Kier alpha value is -2.71. The lowest BCUT2D eigenvalue weighted by Crippen LogP contribution is -2.25. The summed E-state index contributed by atoms with van der Waals surface area (Å²) in [6, 6.07) is 1.82. The van der Waals surface area contributed by atoms with Crippen molar-refractivity contribution in [1.82, 2.24) is 25.3 Å². The van der Waals surface area contributed by atoms with Crippen LogP contribution in [0.5, 0.6) is 0 Å². The number of aryl methyl sites for hydroxylation is 2. The van der Waals surface area contributed by atoms with Crippen molar-refractivity contribution in [2.45, 2.75) is 13.5 Å². The second-order valence-electron chi connectivity index (χ2n) is 3.97. The van der Waals surface area contributed by atoms with E-state index < -0.39 is 10.8 Å². The van der Waals surface area contributed by atoms with Gasteiger partial charge in [-0.15, -0.1) is 0 Å². The molecule has 0 unspecified atom stereocenters. The lowest BCUT2D eigenvalue weighted by Gasteiger charge is -2.03. The molecule has 0 saturated carbocycles. The molecule has 2 heterocycles. The summed E-state index contributed by atoms with van der Waals surface area (Å²) in [6.07, 6.45) is 1.00. The molecule has 0 fully saturated rings. The van der Waals surface area contributed by atoms with Crippen molar-refractivity contribution in [3.63, 3.8) is 0 Å². The molecule has 9 heteroatoms. The Kier molecular flexibility index (Phi) is 3.27. The third-order valence-corrected chi connectivity index (χ3v) is 2.57. The Morgan fingerprint density at radius 2 is 2.37 bits per heavy atom. The zero-order valence-electron chi connectivity index (χ0n) is 10.4. The molecule has 0 spiro atoms. The van der Waals surface area contributed by atoms with Crippen molar-refractivity contribution in [1.29, 1.82) is 0 Å². The molecule has 2 aromatic heterocycles. The largest absolute Gasteiger partial charge is 0.345 e. The average Bonchev–Trinajstić information content (AvgIpc) is 2.93. The van der Waals surface area contributed by atoms with Crippen LogP contribution in [0, 0.1) is 17.0 Å². The number of nitro groups is 1. The molecule has 0 aliphatic carbocycles. The van der Waals surface area contributed by atoms with Gasteiger partial charge in [-0.25, -0.2) is 0 Å². The quantitative estimate of drug-likeness (QED) is 0.607. The fraction of sp³-hybridized carbons (Fsp3) is 0.300. The first kappa shape index (κ1) is 12.7. The minimum absolute atomic E-state index is 0.163. The summed E-state index contributed by atoms with van der Waals surface area (Å²) < 4.78 is 1.64. The number of nitrogens with zero attached hydrogens (tertiary/aromatic N) is 4. The van der Waals surface area contributed by atoms with E-state index in [0.717, 1.165) is 17.6 Å². The molecule has 2 aromatic rings. The molecule has 0 atom stereocenters. The van der Waals surface area contributed by atoms with E-state index >= 15 is 0 Å². The number of H-pyrrole nitrogens is 1. The highest BCUT2D eigenvalue weighted by Gasteiger charge is 2.22. The summed E-state index contributed by atoms with van der Waals surface area (Å²) >= 11 is 0. The molecule has 0 aliphatic heterocycles. The minimum Gasteiger partial charge on any atom is -0.345 e. The van der Waals surface area contributed by atoms with E-state index in [0.29, 0.717) is 0 Å². The average molecular weight is 264 g/mol. The van der Waals surface area contributed by atoms with Crippen LogP contribution in [-0.2, 0) is 13.6 Å². The second kappa shape index (κ2) is 4.88. The lowest BCUT2D eigenvalue weighted by molar-refractivity contribution is -0.385. The van der Waals surface area contributed by atoms with Crippen LogP contribution in [0.3, 0.4) is 0 Å². The zero-order chi connectivity index (χ0) is 14.0. The van der Waals surface area contributed by atoms with Gasteiger partial charge in [0.05, 0.1) is 22.9 Å². The van der Waals surface area contributed by atoms with Gasteiger partial charge in [-0.3, -0.25) is 24.7 Å². The monoisotopic (exact) mass is 264 g/mol. The molecule has 0 aliphatic rings. The Balaban J connectivity index is 2.07. The predicted molar refractivity (Wildman–Crippen MR) is 64.4 cm³/mol. The molecule has 9 nitrogen and oxygen atoms in total. The molecule has 1 amide bonds. The molecule has 0 saturated heterocycles. The van der Waals surface area contributed by atoms with Gasteiger partial charge in [0.25, 0.3) is 5.91 Å². The first-order valence-electron chi connectivity index (χ1n) is 5.44. The smallest absolute Gasteiger partial charge is 0.319 e. The number of rotatable bonds is 4. The summed E-state index contributed by atoms with van der Waals surface area (Å²) in [7, 11) is 1.76. The summed E-state index contributed by atoms with van der Waals surface area (Å²) in [6.45, 7) is 2.07. The van der Waals surface area contributed by atoms with E-state index in [2.05, 4.69) is 20.6 Å². The van der Waals surface area contributed by atoms with E-state index in [1.807, 2.05) is 13.0 Å². The number of aromatic nitrogens is 4. The van der Waals surface area contributed by atoms with Gasteiger partial charge in [0.1, 0.15) is 6.20 Å². The first-order valence-corrected chi connectivity index (χ1v) is 5.44. The predicted octanol–water partition coefficient (Wildman–Crippen LogP) is 0.290. The van der Waals surface area contributed by atoms with Crippen molar-refractivity contribution < 1.29 is 9.72 Å². The van der Waals surface area contributed by atoms with Crippen LogP contribution < -0.4 is 5.32 Å². The third kappa shape index (κ3) is 2.59. The number of carbonyl (C=O) groups excluding carboxylic acids is 1. The summed E-state index contributed by atoms with van der Waals surface area (Å²) in [5.41, 5.74) is 1.12. The molecular formula is C10H12N6O3. The molecule has 2 rings (SSSR count). The minimum atomic E-state index is -0.660. The highest BCUT2D eigenvalue weighted by Crippen LogP contribution is 2.14. The molecule has 19 heavy (non-hydrogen) atoms. The Bertz CT molecular complexity index is 629.